The van der Waals surface area contributed by atoms with Gasteiger partial charge in [-0.3, -0.25) is 9.69 Å². The van der Waals surface area contributed by atoms with Crippen molar-refractivity contribution in [3.63, 3.8) is 0 Å². The van der Waals surface area contributed by atoms with Gasteiger partial charge >= 0.3 is 0 Å². The van der Waals surface area contributed by atoms with Gasteiger partial charge in [-0.05, 0) is 18.9 Å². The average molecular weight is 263 g/mol. The van der Waals surface area contributed by atoms with Gasteiger partial charge in [-0.1, -0.05) is 12.8 Å². The molecule has 104 valence electrons. The largest absolute Gasteiger partial charge is 0.389 e. The van der Waals surface area contributed by atoms with Gasteiger partial charge in [-0.15, -0.1) is 0 Å². The molecule has 0 amide bonds. The molecule has 0 spiro atoms. The summed E-state index contributed by atoms with van der Waals surface area (Å²) in [6.07, 6.45) is 5.83. The molecule has 3 rings (SSSR count). The van der Waals surface area contributed by atoms with E-state index in [1.165, 1.54) is 4.68 Å². The van der Waals surface area contributed by atoms with Crippen LogP contribution >= 0.6 is 0 Å². The van der Waals surface area contributed by atoms with Crippen LogP contribution in [-0.4, -0.2) is 45.0 Å². The van der Waals surface area contributed by atoms with E-state index in [-0.39, 0.29) is 5.56 Å². The molecule has 5 nitrogen and oxygen atoms in total. The highest BCUT2D eigenvalue weighted by molar-refractivity contribution is 4.92. The predicted molar refractivity (Wildman–Crippen MR) is 71.8 cm³/mol. The highest BCUT2D eigenvalue weighted by Crippen LogP contribution is 2.32. The van der Waals surface area contributed by atoms with Gasteiger partial charge in [0.25, 0.3) is 5.56 Å². The van der Waals surface area contributed by atoms with Gasteiger partial charge in [0.05, 0.1) is 12.1 Å². The third kappa shape index (κ3) is 2.87. The van der Waals surface area contributed by atoms with Crippen molar-refractivity contribution in [1.29, 1.82) is 0 Å². The number of rotatable bonds is 4. The molecule has 1 aliphatic heterocycles. The Morgan fingerprint density at radius 2 is 2.11 bits per heavy atom. The minimum atomic E-state index is -0.452. The smallest absolute Gasteiger partial charge is 0.266 e. The molecule has 0 atom stereocenters. The van der Waals surface area contributed by atoms with Gasteiger partial charge < -0.3 is 5.11 Å². The van der Waals surface area contributed by atoms with E-state index in [4.69, 9.17) is 0 Å². The summed E-state index contributed by atoms with van der Waals surface area (Å²) in [5, 5.41) is 14.4. The van der Waals surface area contributed by atoms with E-state index in [1.54, 1.807) is 18.3 Å². The first-order valence-electron chi connectivity index (χ1n) is 7.12. The van der Waals surface area contributed by atoms with Gasteiger partial charge in [0, 0.05) is 37.8 Å². The molecular weight excluding hydrogens is 242 g/mol. The van der Waals surface area contributed by atoms with E-state index in [2.05, 4.69) is 10.00 Å². The van der Waals surface area contributed by atoms with Gasteiger partial charge in [0.15, 0.2) is 0 Å². The van der Waals surface area contributed by atoms with E-state index >= 15 is 0 Å². The van der Waals surface area contributed by atoms with Crippen molar-refractivity contribution in [2.24, 2.45) is 5.92 Å². The monoisotopic (exact) mass is 263 g/mol. The lowest BCUT2D eigenvalue weighted by atomic mass is 9.95. The van der Waals surface area contributed by atoms with Crippen molar-refractivity contribution >= 4 is 0 Å². The second-order valence-corrected chi connectivity index (χ2v) is 6.04. The second kappa shape index (κ2) is 5.06. The first-order valence-corrected chi connectivity index (χ1v) is 7.12. The van der Waals surface area contributed by atoms with Crippen LogP contribution in [0, 0.1) is 5.92 Å². The molecule has 1 aliphatic carbocycles. The van der Waals surface area contributed by atoms with E-state index in [0.717, 1.165) is 45.3 Å². The molecule has 19 heavy (non-hydrogen) atoms. The van der Waals surface area contributed by atoms with E-state index in [1.807, 2.05) is 0 Å². The third-order valence-corrected chi connectivity index (χ3v) is 4.30. The Kier molecular flexibility index (Phi) is 3.41. The summed E-state index contributed by atoms with van der Waals surface area (Å²) in [7, 11) is 0. The Labute approximate surface area is 112 Å². The van der Waals surface area contributed by atoms with Crippen LogP contribution in [0.1, 0.15) is 25.7 Å². The van der Waals surface area contributed by atoms with Crippen molar-refractivity contribution in [1.82, 2.24) is 14.7 Å². The Morgan fingerprint density at radius 1 is 1.37 bits per heavy atom. The molecule has 0 radical (unpaired) electrons. The number of hydrogen-bond acceptors (Lipinski definition) is 4. The SMILES string of the molecule is O=c1cccnn1CC1CN(CC2(O)CCCC2)C1. The molecular formula is C14H21N3O2. The number of nitrogens with zero attached hydrogens (tertiary/aromatic N) is 3. The van der Waals surface area contributed by atoms with Crippen LogP contribution in [0.25, 0.3) is 0 Å². The molecule has 1 saturated carbocycles. The topological polar surface area (TPSA) is 58.4 Å². The zero-order chi connectivity index (χ0) is 13.3. The molecule has 5 heteroatoms. The number of hydrogen-bond donors (Lipinski definition) is 1. The van der Waals surface area contributed by atoms with Crippen molar-refractivity contribution < 1.29 is 5.11 Å². The molecule has 0 bridgehead atoms. The van der Waals surface area contributed by atoms with Crippen molar-refractivity contribution in [2.75, 3.05) is 19.6 Å². The summed E-state index contributed by atoms with van der Waals surface area (Å²) in [5.41, 5.74) is -0.484. The summed E-state index contributed by atoms with van der Waals surface area (Å²) < 4.78 is 1.53. The first-order chi connectivity index (χ1) is 9.15. The van der Waals surface area contributed by atoms with Crippen LogP contribution in [0.4, 0.5) is 0 Å². The summed E-state index contributed by atoms with van der Waals surface area (Å²) >= 11 is 0. The maximum absolute atomic E-state index is 11.6. The second-order valence-electron chi connectivity index (χ2n) is 6.04. The molecule has 0 unspecified atom stereocenters. The predicted octanol–water partition coefficient (Wildman–Crippen LogP) is 0.480. The highest BCUT2D eigenvalue weighted by atomic mass is 16.3. The Hall–Kier alpha value is -1.20. The number of aliphatic hydroxyl groups is 1. The zero-order valence-corrected chi connectivity index (χ0v) is 11.2. The van der Waals surface area contributed by atoms with Gasteiger partial charge in [0.2, 0.25) is 0 Å². The van der Waals surface area contributed by atoms with Crippen LogP contribution in [0.3, 0.4) is 0 Å². The lowest BCUT2D eigenvalue weighted by Crippen LogP contribution is -2.54. The van der Waals surface area contributed by atoms with Crippen molar-refractivity contribution in [3.8, 4) is 0 Å². The highest BCUT2D eigenvalue weighted by Gasteiger charge is 2.37. The Morgan fingerprint density at radius 3 is 2.79 bits per heavy atom. The lowest BCUT2D eigenvalue weighted by molar-refractivity contribution is -0.0303. The van der Waals surface area contributed by atoms with Crippen LogP contribution in [-0.2, 0) is 6.54 Å². The summed E-state index contributed by atoms with van der Waals surface area (Å²) in [5.74, 6) is 0.484. The minimum absolute atomic E-state index is 0.0321. The molecule has 2 fully saturated rings. The van der Waals surface area contributed by atoms with Crippen LogP contribution < -0.4 is 5.56 Å². The molecule has 2 heterocycles. The number of β-amino-alcohol motifs (C(OH)–C–C–N with tert-alkyl or cyclic N) is 1. The third-order valence-electron chi connectivity index (χ3n) is 4.30. The maximum atomic E-state index is 11.6. The Bertz CT molecular complexity index is 487. The average Bonchev–Trinajstić information content (AvgIpc) is 2.76. The fourth-order valence-corrected chi connectivity index (χ4v) is 3.30. The standard InChI is InChI=1S/C14H21N3O2/c18-13-4-3-7-15-17(13)10-12-8-16(9-12)11-14(19)5-1-2-6-14/h3-4,7,12,19H,1-2,5-6,8-11H2. The number of likely N-dealkylation sites (tertiary alicyclic amines) is 1. The quantitative estimate of drug-likeness (QED) is 0.858. The van der Waals surface area contributed by atoms with Gasteiger partial charge in [0.1, 0.15) is 0 Å². The Balaban J connectivity index is 1.48. The lowest BCUT2D eigenvalue weighted by Gasteiger charge is -2.42. The molecule has 2 aliphatic rings. The minimum Gasteiger partial charge on any atom is -0.389 e. The van der Waals surface area contributed by atoms with Crippen LogP contribution in [0.15, 0.2) is 23.1 Å². The summed E-state index contributed by atoms with van der Waals surface area (Å²) in [4.78, 5) is 13.8. The van der Waals surface area contributed by atoms with Crippen molar-refractivity contribution in [2.45, 2.75) is 37.8 Å². The van der Waals surface area contributed by atoms with Crippen LogP contribution in [0.5, 0.6) is 0 Å². The van der Waals surface area contributed by atoms with E-state index in [0.29, 0.717) is 12.5 Å². The molecule has 0 aromatic carbocycles. The fourth-order valence-electron chi connectivity index (χ4n) is 3.30. The molecule has 1 aromatic rings. The molecule has 1 saturated heterocycles. The maximum Gasteiger partial charge on any atom is 0.266 e. The zero-order valence-electron chi connectivity index (χ0n) is 11.2. The van der Waals surface area contributed by atoms with E-state index < -0.39 is 5.60 Å². The van der Waals surface area contributed by atoms with Crippen molar-refractivity contribution in [3.05, 3.63) is 28.7 Å². The fraction of sp³-hybridized carbons (Fsp3) is 0.714. The molecule has 1 aromatic heterocycles. The van der Waals surface area contributed by atoms with Gasteiger partial charge in [-0.25, -0.2) is 4.68 Å². The van der Waals surface area contributed by atoms with Crippen LogP contribution in [0.2, 0.25) is 0 Å². The van der Waals surface area contributed by atoms with E-state index in [9.17, 15) is 9.90 Å². The normalized spacial score (nSPS) is 23.4. The van der Waals surface area contributed by atoms with Gasteiger partial charge in [-0.2, -0.15) is 5.10 Å². The summed E-state index contributed by atoms with van der Waals surface area (Å²) in [6, 6.07) is 3.21. The number of aromatic nitrogens is 2. The molecule has 1 N–H and O–H groups in total. The summed E-state index contributed by atoms with van der Waals surface area (Å²) in [6.45, 7) is 3.41. The first kappa shape index (κ1) is 12.8.